The summed E-state index contributed by atoms with van der Waals surface area (Å²) in [4.78, 5) is 2.37. The average molecular weight is 322 g/mol. The van der Waals surface area contributed by atoms with Gasteiger partial charge in [0.15, 0.2) is 0 Å². The van der Waals surface area contributed by atoms with Crippen LogP contribution in [0.1, 0.15) is 16.8 Å². The number of aromatic amines is 1. The molecule has 0 aliphatic carbocycles. The van der Waals surface area contributed by atoms with Crippen LogP contribution in [0, 0.1) is 6.92 Å². The molecule has 1 aliphatic rings. The van der Waals surface area contributed by atoms with Crippen LogP contribution in [0.4, 0.5) is 0 Å². The lowest BCUT2D eigenvalue weighted by atomic mass is 10.2. The maximum absolute atomic E-state index is 5.79. The summed E-state index contributed by atoms with van der Waals surface area (Å²) in [6.45, 7) is 5.50. The van der Waals surface area contributed by atoms with Gasteiger partial charge in [0, 0.05) is 29.7 Å². The van der Waals surface area contributed by atoms with E-state index in [1.165, 1.54) is 16.8 Å². The molecule has 19 heavy (non-hydrogen) atoms. The number of hydrogen-bond acceptors (Lipinski definition) is 3. The number of H-pyrrole nitrogens is 1. The van der Waals surface area contributed by atoms with E-state index in [-0.39, 0.29) is 0 Å². The van der Waals surface area contributed by atoms with Crippen LogP contribution >= 0.6 is 15.9 Å². The van der Waals surface area contributed by atoms with Gasteiger partial charge in [0.2, 0.25) is 0 Å². The third-order valence-corrected chi connectivity index (χ3v) is 3.89. The Kier molecular flexibility index (Phi) is 3.57. The first-order chi connectivity index (χ1) is 9.22. The minimum absolute atomic E-state index is 0.724. The van der Waals surface area contributed by atoms with E-state index in [4.69, 9.17) is 4.74 Å². The third kappa shape index (κ3) is 2.82. The maximum atomic E-state index is 5.79. The number of aryl methyl sites for hydroxylation is 1. The highest BCUT2D eigenvalue weighted by Crippen LogP contribution is 2.27. The topological polar surface area (TPSA) is 41.2 Å². The number of aromatic nitrogens is 2. The summed E-state index contributed by atoms with van der Waals surface area (Å²) < 4.78 is 6.89. The van der Waals surface area contributed by atoms with Crippen LogP contribution in [0.3, 0.4) is 0 Å². The van der Waals surface area contributed by atoms with E-state index >= 15 is 0 Å². The number of fused-ring (bicyclic) bond motifs is 1. The molecule has 1 N–H and O–H groups in total. The molecular formula is C14H16BrN3O. The number of rotatable bonds is 2. The molecule has 0 saturated heterocycles. The van der Waals surface area contributed by atoms with Crippen molar-refractivity contribution < 1.29 is 4.74 Å². The van der Waals surface area contributed by atoms with Crippen molar-refractivity contribution in [3.8, 4) is 5.75 Å². The van der Waals surface area contributed by atoms with Crippen molar-refractivity contribution in [3.05, 3.63) is 45.7 Å². The van der Waals surface area contributed by atoms with Gasteiger partial charge in [0.05, 0.1) is 11.9 Å². The molecule has 1 aliphatic heterocycles. The van der Waals surface area contributed by atoms with Crippen LogP contribution in [0.15, 0.2) is 28.9 Å². The van der Waals surface area contributed by atoms with E-state index in [1.54, 1.807) is 0 Å². The predicted molar refractivity (Wildman–Crippen MR) is 77.1 cm³/mol. The molecule has 4 nitrogen and oxygen atoms in total. The fourth-order valence-electron chi connectivity index (χ4n) is 2.31. The molecule has 2 heterocycles. The molecule has 3 rings (SSSR count). The molecule has 0 atom stereocenters. The Balaban J connectivity index is 1.80. The zero-order chi connectivity index (χ0) is 13.2. The van der Waals surface area contributed by atoms with E-state index < -0.39 is 0 Å². The summed E-state index contributed by atoms with van der Waals surface area (Å²) in [5.74, 6) is 0.993. The molecular weight excluding hydrogens is 306 g/mol. The maximum Gasteiger partial charge on any atom is 0.123 e. The molecule has 0 bridgehead atoms. The fraction of sp³-hybridized carbons (Fsp3) is 0.357. The van der Waals surface area contributed by atoms with Crippen molar-refractivity contribution in [2.75, 3.05) is 13.2 Å². The Labute approximate surface area is 120 Å². The summed E-state index contributed by atoms with van der Waals surface area (Å²) in [5, 5.41) is 7.15. The highest BCUT2D eigenvalue weighted by Gasteiger charge is 2.16. The van der Waals surface area contributed by atoms with Gasteiger partial charge in [-0.05, 0) is 30.7 Å². The monoisotopic (exact) mass is 321 g/mol. The molecule has 1 aromatic heterocycles. The van der Waals surface area contributed by atoms with Crippen molar-refractivity contribution in [1.82, 2.24) is 15.1 Å². The van der Waals surface area contributed by atoms with Gasteiger partial charge in [-0.25, -0.2) is 0 Å². The Bertz CT molecular complexity index is 582. The largest absolute Gasteiger partial charge is 0.492 e. The van der Waals surface area contributed by atoms with Crippen LogP contribution in [0.2, 0.25) is 0 Å². The lowest BCUT2D eigenvalue weighted by Gasteiger charge is -2.18. The first kappa shape index (κ1) is 12.7. The molecule has 0 spiro atoms. The Hall–Kier alpha value is -1.33. The Morgan fingerprint density at radius 2 is 2.37 bits per heavy atom. The zero-order valence-electron chi connectivity index (χ0n) is 10.8. The fourth-order valence-corrected chi connectivity index (χ4v) is 2.72. The van der Waals surface area contributed by atoms with Crippen molar-refractivity contribution in [2.45, 2.75) is 20.0 Å². The van der Waals surface area contributed by atoms with E-state index in [0.29, 0.717) is 0 Å². The van der Waals surface area contributed by atoms with Crippen LogP contribution in [0.5, 0.6) is 5.75 Å². The lowest BCUT2D eigenvalue weighted by molar-refractivity contribution is 0.217. The van der Waals surface area contributed by atoms with E-state index in [1.807, 2.05) is 18.3 Å². The van der Waals surface area contributed by atoms with Gasteiger partial charge in [0.25, 0.3) is 0 Å². The molecule has 0 fully saturated rings. The standard InChI is InChI=1S/C14H16BrN3O/c1-10-7-16-17-13(10)9-18-4-5-19-14-3-2-12(15)6-11(14)8-18/h2-3,6-7H,4-5,8-9H2,1H3,(H,16,17). The highest BCUT2D eigenvalue weighted by molar-refractivity contribution is 9.10. The molecule has 2 aromatic rings. The molecule has 0 saturated carbocycles. The smallest absolute Gasteiger partial charge is 0.123 e. The zero-order valence-corrected chi connectivity index (χ0v) is 12.4. The number of hydrogen-bond donors (Lipinski definition) is 1. The van der Waals surface area contributed by atoms with Gasteiger partial charge in [-0.15, -0.1) is 0 Å². The van der Waals surface area contributed by atoms with Crippen molar-refractivity contribution in [1.29, 1.82) is 0 Å². The number of nitrogens with zero attached hydrogens (tertiary/aromatic N) is 2. The van der Waals surface area contributed by atoms with E-state index in [2.05, 4.69) is 44.0 Å². The van der Waals surface area contributed by atoms with Crippen LogP contribution in [-0.2, 0) is 13.1 Å². The number of nitrogens with one attached hydrogen (secondary N) is 1. The summed E-state index contributed by atoms with van der Waals surface area (Å²) >= 11 is 3.52. The summed E-state index contributed by atoms with van der Waals surface area (Å²) in [7, 11) is 0. The summed E-state index contributed by atoms with van der Waals surface area (Å²) in [6.07, 6.45) is 1.87. The van der Waals surface area contributed by atoms with Gasteiger partial charge >= 0.3 is 0 Å². The van der Waals surface area contributed by atoms with Gasteiger partial charge in [-0.3, -0.25) is 10.00 Å². The summed E-state index contributed by atoms with van der Waals surface area (Å²) in [5.41, 5.74) is 3.61. The average Bonchev–Trinajstić information content (AvgIpc) is 2.67. The molecule has 0 unspecified atom stereocenters. The van der Waals surface area contributed by atoms with Gasteiger partial charge in [-0.1, -0.05) is 15.9 Å². The number of ether oxygens (including phenoxy) is 1. The second kappa shape index (κ2) is 5.35. The third-order valence-electron chi connectivity index (χ3n) is 3.40. The van der Waals surface area contributed by atoms with Crippen LogP contribution < -0.4 is 4.74 Å². The van der Waals surface area contributed by atoms with Crippen LogP contribution in [0.25, 0.3) is 0 Å². The van der Waals surface area contributed by atoms with E-state index in [0.717, 1.165) is 36.5 Å². The first-order valence-corrected chi connectivity index (χ1v) is 7.14. The molecule has 5 heteroatoms. The number of benzene rings is 1. The molecule has 0 amide bonds. The molecule has 0 radical (unpaired) electrons. The van der Waals surface area contributed by atoms with Crippen molar-refractivity contribution >= 4 is 15.9 Å². The van der Waals surface area contributed by atoms with Gasteiger partial charge < -0.3 is 4.74 Å². The number of halogens is 1. The minimum atomic E-state index is 0.724. The second-order valence-corrected chi connectivity index (χ2v) is 5.76. The van der Waals surface area contributed by atoms with Gasteiger partial charge in [0.1, 0.15) is 12.4 Å². The van der Waals surface area contributed by atoms with Crippen molar-refractivity contribution in [3.63, 3.8) is 0 Å². The molecule has 1 aromatic carbocycles. The van der Waals surface area contributed by atoms with Crippen molar-refractivity contribution in [2.24, 2.45) is 0 Å². The second-order valence-electron chi connectivity index (χ2n) is 4.84. The van der Waals surface area contributed by atoms with Gasteiger partial charge in [-0.2, -0.15) is 5.10 Å². The summed E-state index contributed by atoms with van der Waals surface area (Å²) in [6, 6.07) is 6.19. The normalized spacial score (nSPS) is 15.7. The van der Waals surface area contributed by atoms with Crippen LogP contribution in [-0.4, -0.2) is 28.2 Å². The Morgan fingerprint density at radius 3 is 3.16 bits per heavy atom. The quantitative estimate of drug-likeness (QED) is 0.924. The lowest BCUT2D eigenvalue weighted by Crippen LogP contribution is -2.25. The minimum Gasteiger partial charge on any atom is -0.492 e. The highest BCUT2D eigenvalue weighted by atomic mass is 79.9. The first-order valence-electron chi connectivity index (χ1n) is 6.35. The SMILES string of the molecule is Cc1cn[nH]c1CN1CCOc2ccc(Br)cc2C1. The molecule has 100 valence electrons. The predicted octanol–water partition coefficient (Wildman–Crippen LogP) is 2.88. The Morgan fingerprint density at radius 1 is 1.47 bits per heavy atom. The van der Waals surface area contributed by atoms with E-state index in [9.17, 15) is 0 Å².